The van der Waals surface area contributed by atoms with E-state index in [-0.39, 0.29) is 23.7 Å². The summed E-state index contributed by atoms with van der Waals surface area (Å²) in [5, 5.41) is 3.70. The third-order valence-corrected chi connectivity index (χ3v) is 6.92. The molecule has 5 nitrogen and oxygen atoms in total. The fourth-order valence-electron chi connectivity index (χ4n) is 3.84. The van der Waals surface area contributed by atoms with Crippen LogP contribution >= 0.6 is 23.4 Å². The van der Waals surface area contributed by atoms with Crippen molar-refractivity contribution in [3.8, 4) is 0 Å². The summed E-state index contributed by atoms with van der Waals surface area (Å²) >= 11 is 8.44. The molecule has 0 bridgehead atoms. The normalized spacial score (nSPS) is 21.2. The highest BCUT2D eigenvalue weighted by molar-refractivity contribution is 7.99. The van der Waals surface area contributed by atoms with Crippen LogP contribution < -0.4 is 10.2 Å². The first-order valence-electron chi connectivity index (χ1n) is 9.84. The lowest BCUT2D eigenvalue weighted by Gasteiger charge is -2.31. The molecule has 0 aromatic heterocycles. The number of likely N-dealkylation sites (tertiary alicyclic amines) is 1. The zero-order chi connectivity index (χ0) is 18.8. The summed E-state index contributed by atoms with van der Waals surface area (Å²) in [5.74, 6) is 2.78. The van der Waals surface area contributed by atoms with Gasteiger partial charge in [-0.25, -0.2) is 0 Å². The molecule has 1 N–H and O–H groups in total. The molecular weight excluding hydrogens is 382 g/mol. The van der Waals surface area contributed by atoms with E-state index in [4.69, 9.17) is 11.6 Å². The van der Waals surface area contributed by atoms with Crippen molar-refractivity contribution in [3.63, 3.8) is 0 Å². The number of carbonyl (C=O) groups is 2. The summed E-state index contributed by atoms with van der Waals surface area (Å²) < 4.78 is 0. The van der Waals surface area contributed by atoms with E-state index in [1.165, 1.54) is 0 Å². The van der Waals surface area contributed by atoms with E-state index in [0.717, 1.165) is 61.7 Å². The molecule has 3 aliphatic rings. The number of piperidine rings is 1. The molecule has 3 fully saturated rings. The zero-order valence-corrected chi connectivity index (χ0v) is 17.0. The molecule has 1 aromatic carbocycles. The van der Waals surface area contributed by atoms with Gasteiger partial charge in [0.1, 0.15) is 0 Å². The monoisotopic (exact) mass is 407 g/mol. The van der Waals surface area contributed by atoms with Crippen molar-refractivity contribution in [1.82, 2.24) is 4.90 Å². The van der Waals surface area contributed by atoms with Crippen LogP contribution in [0.1, 0.15) is 25.7 Å². The van der Waals surface area contributed by atoms with E-state index < -0.39 is 0 Å². The molecule has 1 saturated carbocycles. The molecule has 0 spiro atoms. The molecule has 0 unspecified atom stereocenters. The number of rotatable bonds is 4. The van der Waals surface area contributed by atoms with E-state index in [1.54, 1.807) is 0 Å². The first-order valence-corrected chi connectivity index (χ1v) is 11.4. The summed E-state index contributed by atoms with van der Waals surface area (Å²) in [6, 6.07) is 5.79. The van der Waals surface area contributed by atoms with Crippen molar-refractivity contribution in [2.24, 2.45) is 11.8 Å². The van der Waals surface area contributed by atoms with Gasteiger partial charge >= 0.3 is 0 Å². The van der Waals surface area contributed by atoms with Crippen LogP contribution in [-0.2, 0) is 9.59 Å². The van der Waals surface area contributed by atoms with Gasteiger partial charge in [0.05, 0.1) is 10.7 Å². The number of hydrogen-bond acceptors (Lipinski definition) is 4. The third kappa shape index (κ3) is 4.54. The van der Waals surface area contributed by atoms with Crippen LogP contribution in [0.5, 0.6) is 0 Å². The van der Waals surface area contributed by atoms with Gasteiger partial charge in [0.25, 0.3) is 0 Å². The summed E-state index contributed by atoms with van der Waals surface area (Å²) in [7, 11) is 0. The number of nitrogens with one attached hydrogen (secondary N) is 1. The van der Waals surface area contributed by atoms with Crippen molar-refractivity contribution in [3.05, 3.63) is 23.2 Å². The Hall–Kier alpha value is -1.40. The maximum absolute atomic E-state index is 12.6. The number of carbonyl (C=O) groups excluding carboxylic acids is 2. The van der Waals surface area contributed by atoms with Gasteiger partial charge in [-0.05, 0) is 43.9 Å². The largest absolute Gasteiger partial charge is 0.369 e. The van der Waals surface area contributed by atoms with E-state index in [0.29, 0.717) is 18.1 Å². The Morgan fingerprint density at radius 1 is 1.00 bits per heavy atom. The molecule has 146 valence electrons. The maximum atomic E-state index is 12.6. The number of hydrogen-bond donors (Lipinski definition) is 1. The van der Waals surface area contributed by atoms with Gasteiger partial charge in [0.15, 0.2) is 0 Å². The van der Waals surface area contributed by atoms with E-state index in [9.17, 15) is 9.59 Å². The fraction of sp³-hybridized carbons (Fsp3) is 0.600. The second-order valence-corrected chi connectivity index (χ2v) is 9.26. The molecule has 0 radical (unpaired) electrons. The molecule has 0 atom stereocenters. The predicted molar refractivity (Wildman–Crippen MR) is 112 cm³/mol. The molecule has 7 heteroatoms. The van der Waals surface area contributed by atoms with E-state index in [2.05, 4.69) is 10.2 Å². The highest BCUT2D eigenvalue weighted by Gasteiger charge is 2.36. The lowest BCUT2D eigenvalue weighted by molar-refractivity contribution is -0.135. The van der Waals surface area contributed by atoms with Gasteiger partial charge in [-0.2, -0.15) is 11.8 Å². The van der Waals surface area contributed by atoms with E-state index >= 15 is 0 Å². The molecule has 2 saturated heterocycles. The topological polar surface area (TPSA) is 52.7 Å². The second-order valence-electron chi connectivity index (χ2n) is 7.63. The van der Waals surface area contributed by atoms with Gasteiger partial charge < -0.3 is 15.1 Å². The number of amides is 2. The van der Waals surface area contributed by atoms with Crippen molar-refractivity contribution < 1.29 is 9.59 Å². The van der Waals surface area contributed by atoms with Gasteiger partial charge in [0.2, 0.25) is 11.8 Å². The standard InChI is InChI=1S/C20H26ClN3O2S/c21-17-13-16(3-4-18(17)23-9-11-27-12-10-23)22-19(25)14-5-7-24(8-6-14)20(26)15-1-2-15/h3-4,13-15H,1-2,5-12H2,(H,22,25). The van der Waals surface area contributed by atoms with Crippen molar-refractivity contribution in [2.75, 3.05) is 47.9 Å². The Morgan fingerprint density at radius 3 is 2.33 bits per heavy atom. The minimum atomic E-state index is -0.0363. The zero-order valence-electron chi connectivity index (χ0n) is 15.5. The number of anilines is 2. The number of halogens is 1. The van der Waals surface area contributed by atoms with Crippen LogP contribution in [0.4, 0.5) is 11.4 Å². The van der Waals surface area contributed by atoms with Crippen molar-refractivity contribution in [1.29, 1.82) is 0 Å². The third-order valence-electron chi connectivity index (χ3n) is 5.67. The molecule has 4 rings (SSSR count). The first-order chi connectivity index (χ1) is 13.1. The number of nitrogens with zero attached hydrogens (tertiary/aromatic N) is 2. The number of benzene rings is 1. The van der Waals surface area contributed by atoms with Crippen LogP contribution in [0.3, 0.4) is 0 Å². The Kier molecular flexibility index (Phi) is 5.83. The van der Waals surface area contributed by atoms with Crippen molar-refractivity contribution in [2.45, 2.75) is 25.7 Å². The SMILES string of the molecule is O=C(Nc1ccc(N2CCSCC2)c(Cl)c1)C1CCN(C(=O)C2CC2)CC1. The minimum Gasteiger partial charge on any atom is -0.369 e. The Bertz CT molecular complexity index is 711. The minimum absolute atomic E-state index is 0.0340. The molecule has 1 aromatic rings. The lowest BCUT2D eigenvalue weighted by Crippen LogP contribution is -2.42. The molecule has 1 aliphatic carbocycles. The van der Waals surface area contributed by atoms with Crippen LogP contribution in [0.15, 0.2) is 18.2 Å². The Morgan fingerprint density at radius 2 is 1.70 bits per heavy atom. The highest BCUT2D eigenvalue weighted by Crippen LogP contribution is 2.33. The average molecular weight is 408 g/mol. The van der Waals surface area contributed by atoms with Crippen LogP contribution in [0.25, 0.3) is 0 Å². The van der Waals surface area contributed by atoms with Gasteiger partial charge in [-0.15, -0.1) is 0 Å². The predicted octanol–water partition coefficient (Wildman–Crippen LogP) is 3.48. The maximum Gasteiger partial charge on any atom is 0.227 e. The van der Waals surface area contributed by atoms with Crippen LogP contribution in [-0.4, -0.2) is 54.4 Å². The Balaban J connectivity index is 1.31. The molecule has 2 heterocycles. The van der Waals surface area contributed by atoms with Crippen LogP contribution in [0, 0.1) is 11.8 Å². The molecule has 27 heavy (non-hydrogen) atoms. The highest BCUT2D eigenvalue weighted by atomic mass is 35.5. The van der Waals surface area contributed by atoms with Crippen molar-refractivity contribution >= 4 is 46.6 Å². The summed E-state index contributed by atoms with van der Waals surface area (Å²) in [6.45, 7) is 3.41. The number of thioether (sulfide) groups is 1. The lowest BCUT2D eigenvalue weighted by atomic mass is 9.95. The molecular formula is C20H26ClN3O2S. The molecule has 2 aliphatic heterocycles. The van der Waals surface area contributed by atoms with Crippen LogP contribution in [0.2, 0.25) is 5.02 Å². The second kappa shape index (κ2) is 8.31. The smallest absolute Gasteiger partial charge is 0.227 e. The quantitative estimate of drug-likeness (QED) is 0.830. The summed E-state index contributed by atoms with van der Waals surface area (Å²) in [5.41, 5.74) is 1.79. The van der Waals surface area contributed by atoms with Gasteiger partial charge in [-0.1, -0.05) is 11.6 Å². The average Bonchev–Trinajstić information content (AvgIpc) is 3.54. The Labute approximate surface area is 169 Å². The summed E-state index contributed by atoms with van der Waals surface area (Å²) in [4.78, 5) is 29.0. The fourth-order valence-corrected chi connectivity index (χ4v) is 5.04. The molecule has 2 amide bonds. The first kappa shape index (κ1) is 18.9. The summed E-state index contributed by atoms with van der Waals surface area (Å²) in [6.07, 6.45) is 3.54. The van der Waals surface area contributed by atoms with E-state index in [1.807, 2.05) is 34.9 Å². The van der Waals surface area contributed by atoms with Gasteiger partial charge in [-0.3, -0.25) is 9.59 Å². The van der Waals surface area contributed by atoms with Gasteiger partial charge in [0, 0.05) is 55.2 Å².